The average Bonchev–Trinajstić information content (AvgIpc) is 1.68. The summed E-state index contributed by atoms with van der Waals surface area (Å²) in [6, 6.07) is -0.229. The van der Waals surface area contributed by atoms with Crippen molar-refractivity contribution < 1.29 is 9.90 Å². The van der Waals surface area contributed by atoms with Crippen molar-refractivity contribution in [3.63, 3.8) is 0 Å². The number of hydrogen-bond acceptors (Lipinski definition) is 2. The second kappa shape index (κ2) is 1.10. The molecule has 0 bridgehead atoms. The van der Waals surface area contributed by atoms with E-state index in [9.17, 15) is 4.79 Å². The van der Waals surface area contributed by atoms with Crippen LogP contribution in [0.3, 0.4) is 0 Å². The molecular weight excluding hydrogens is 96.0 g/mol. The van der Waals surface area contributed by atoms with Gasteiger partial charge < -0.3 is 5.11 Å². The summed E-state index contributed by atoms with van der Waals surface area (Å²) in [6.07, 6.45) is -0.757. The van der Waals surface area contributed by atoms with Crippen LogP contribution in [-0.4, -0.2) is 29.4 Å². The largest absolute Gasteiger partial charge is 0.356 e. The first-order chi connectivity index (χ1) is 3.22. The van der Waals surface area contributed by atoms with Gasteiger partial charge in [-0.3, -0.25) is 10.2 Å². The van der Waals surface area contributed by atoms with Crippen LogP contribution in [0, 0.1) is 0 Å². The van der Waals surface area contributed by atoms with Crippen molar-refractivity contribution in [1.82, 2.24) is 10.2 Å². The van der Waals surface area contributed by atoms with E-state index < -0.39 is 6.35 Å². The number of amides is 2. The van der Waals surface area contributed by atoms with Gasteiger partial charge in [-0.05, 0) is 0 Å². The number of urea groups is 1. The topological polar surface area (TPSA) is 52.6 Å². The molecule has 0 aliphatic carbocycles. The lowest BCUT2D eigenvalue weighted by Crippen LogP contribution is -2.63. The summed E-state index contributed by atoms with van der Waals surface area (Å²) < 4.78 is 0. The minimum atomic E-state index is -0.757. The standard InChI is InChI=1S/C3H6N2O2/c1-5-2(6)4-3(5)7/h2,6H,1H3,(H,4,7). The number of aliphatic hydroxyl groups is 1. The third-order valence-electron chi connectivity index (χ3n) is 0.940. The van der Waals surface area contributed by atoms with Crippen LogP contribution >= 0.6 is 0 Å². The van der Waals surface area contributed by atoms with Crippen molar-refractivity contribution in [2.45, 2.75) is 6.35 Å². The summed E-state index contributed by atoms with van der Waals surface area (Å²) >= 11 is 0. The summed E-state index contributed by atoms with van der Waals surface area (Å²) in [6.45, 7) is 0. The first-order valence-electron chi connectivity index (χ1n) is 1.93. The van der Waals surface area contributed by atoms with Crippen LogP contribution < -0.4 is 5.32 Å². The number of carbonyl (C=O) groups excluding carboxylic acids is 1. The van der Waals surface area contributed by atoms with Crippen molar-refractivity contribution in [2.75, 3.05) is 7.05 Å². The number of hydrogen-bond donors (Lipinski definition) is 2. The molecular formula is C3H6N2O2. The van der Waals surface area contributed by atoms with Crippen LogP contribution in [0.15, 0.2) is 0 Å². The number of aliphatic hydroxyl groups excluding tert-OH is 1. The molecule has 1 atom stereocenters. The number of rotatable bonds is 0. The van der Waals surface area contributed by atoms with E-state index in [-0.39, 0.29) is 6.03 Å². The lowest BCUT2D eigenvalue weighted by molar-refractivity contribution is -0.0248. The van der Waals surface area contributed by atoms with Gasteiger partial charge in [0, 0.05) is 7.05 Å². The average molecular weight is 102 g/mol. The molecule has 1 heterocycles. The van der Waals surface area contributed by atoms with Crippen LogP contribution in [-0.2, 0) is 0 Å². The zero-order valence-corrected chi connectivity index (χ0v) is 3.88. The van der Waals surface area contributed by atoms with Gasteiger partial charge >= 0.3 is 6.03 Å². The molecule has 1 saturated heterocycles. The van der Waals surface area contributed by atoms with Gasteiger partial charge in [-0.1, -0.05) is 0 Å². The number of nitrogens with zero attached hydrogens (tertiary/aromatic N) is 1. The fourth-order valence-corrected chi connectivity index (χ4v) is 0.354. The van der Waals surface area contributed by atoms with Crippen LogP contribution in [0.25, 0.3) is 0 Å². The number of nitrogens with one attached hydrogen (secondary N) is 1. The van der Waals surface area contributed by atoms with Crippen LogP contribution in [0.2, 0.25) is 0 Å². The number of carbonyl (C=O) groups is 1. The monoisotopic (exact) mass is 102 g/mol. The highest BCUT2D eigenvalue weighted by molar-refractivity contribution is 5.79. The quantitative estimate of drug-likeness (QED) is 0.408. The highest BCUT2D eigenvalue weighted by atomic mass is 16.3. The highest BCUT2D eigenvalue weighted by Gasteiger charge is 2.28. The third kappa shape index (κ3) is 0.433. The molecule has 4 heteroatoms. The Morgan fingerprint density at radius 3 is 2.57 bits per heavy atom. The van der Waals surface area contributed by atoms with E-state index in [1.165, 1.54) is 11.9 Å². The maximum atomic E-state index is 10.1. The second-order valence-electron chi connectivity index (χ2n) is 1.43. The second-order valence-corrected chi connectivity index (χ2v) is 1.43. The molecule has 40 valence electrons. The summed E-state index contributed by atoms with van der Waals surface area (Å²) in [5.74, 6) is 0. The maximum Gasteiger partial charge on any atom is 0.324 e. The molecule has 2 amide bonds. The van der Waals surface area contributed by atoms with Gasteiger partial charge in [0.2, 0.25) is 6.35 Å². The first-order valence-corrected chi connectivity index (χ1v) is 1.93. The first kappa shape index (κ1) is 4.39. The molecule has 0 spiro atoms. The van der Waals surface area contributed by atoms with Gasteiger partial charge in [0.25, 0.3) is 0 Å². The Morgan fingerprint density at radius 2 is 2.57 bits per heavy atom. The lowest BCUT2D eigenvalue weighted by Gasteiger charge is -2.33. The Hall–Kier alpha value is -0.770. The molecule has 1 unspecified atom stereocenters. The normalized spacial score (nSPS) is 29.1. The fraction of sp³-hybridized carbons (Fsp3) is 0.667. The molecule has 1 aliphatic heterocycles. The van der Waals surface area contributed by atoms with Gasteiger partial charge in [0.05, 0.1) is 0 Å². The van der Waals surface area contributed by atoms with Crippen LogP contribution in [0.5, 0.6) is 0 Å². The maximum absolute atomic E-state index is 10.1. The van der Waals surface area contributed by atoms with E-state index in [0.717, 1.165) is 0 Å². The minimum Gasteiger partial charge on any atom is -0.356 e. The van der Waals surface area contributed by atoms with E-state index in [1.54, 1.807) is 0 Å². The van der Waals surface area contributed by atoms with E-state index >= 15 is 0 Å². The zero-order chi connectivity index (χ0) is 5.44. The van der Waals surface area contributed by atoms with Gasteiger partial charge in [0.1, 0.15) is 0 Å². The van der Waals surface area contributed by atoms with E-state index in [0.29, 0.717) is 0 Å². The molecule has 1 rings (SSSR count). The minimum absolute atomic E-state index is 0.229. The highest BCUT2D eigenvalue weighted by Crippen LogP contribution is 1.98. The predicted molar refractivity (Wildman–Crippen MR) is 22.3 cm³/mol. The molecule has 0 aromatic heterocycles. The summed E-state index contributed by atoms with van der Waals surface area (Å²) in [4.78, 5) is 11.3. The van der Waals surface area contributed by atoms with Crippen molar-refractivity contribution >= 4 is 6.03 Å². The Kier molecular flexibility index (Phi) is 0.689. The van der Waals surface area contributed by atoms with Crippen molar-refractivity contribution in [2.24, 2.45) is 0 Å². The summed E-state index contributed by atoms with van der Waals surface area (Å²) in [5, 5.41) is 10.7. The molecule has 1 aliphatic rings. The molecule has 4 nitrogen and oxygen atoms in total. The van der Waals surface area contributed by atoms with E-state index in [4.69, 9.17) is 5.11 Å². The van der Waals surface area contributed by atoms with Crippen LogP contribution in [0.1, 0.15) is 0 Å². The van der Waals surface area contributed by atoms with Gasteiger partial charge in [-0.2, -0.15) is 0 Å². The zero-order valence-electron chi connectivity index (χ0n) is 3.88. The van der Waals surface area contributed by atoms with Crippen molar-refractivity contribution in [3.05, 3.63) is 0 Å². The van der Waals surface area contributed by atoms with Gasteiger partial charge in [-0.25, -0.2) is 4.79 Å². The van der Waals surface area contributed by atoms with Crippen LogP contribution in [0.4, 0.5) is 4.79 Å². The lowest BCUT2D eigenvalue weighted by atomic mass is 10.6. The Morgan fingerprint density at radius 1 is 2.00 bits per heavy atom. The van der Waals surface area contributed by atoms with E-state index in [2.05, 4.69) is 5.32 Å². The molecule has 0 aromatic carbocycles. The Bertz CT molecular complexity index is 103. The molecule has 7 heavy (non-hydrogen) atoms. The predicted octanol–water partition coefficient (Wildman–Crippen LogP) is -1.08. The van der Waals surface area contributed by atoms with Gasteiger partial charge in [-0.15, -0.1) is 0 Å². The molecule has 0 saturated carbocycles. The Balaban J connectivity index is 2.43. The Labute approximate surface area is 40.7 Å². The van der Waals surface area contributed by atoms with E-state index in [1.807, 2.05) is 0 Å². The molecule has 2 N–H and O–H groups in total. The molecule has 0 radical (unpaired) electrons. The van der Waals surface area contributed by atoms with Gasteiger partial charge in [0.15, 0.2) is 0 Å². The van der Waals surface area contributed by atoms with Crippen molar-refractivity contribution in [1.29, 1.82) is 0 Å². The summed E-state index contributed by atoms with van der Waals surface area (Å²) in [5.41, 5.74) is 0. The smallest absolute Gasteiger partial charge is 0.324 e. The molecule has 1 fully saturated rings. The SMILES string of the molecule is CN1C(=O)NC1O. The molecule has 0 aromatic rings. The fourth-order valence-electron chi connectivity index (χ4n) is 0.354. The van der Waals surface area contributed by atoms with Crippen molar-refractivity contribution in [3.8, 4) is 0 Å². The third-order valence-corrected chi connectivity index (χ3v) is 0.940. The summed E-state index contributed by atoms with van der Waals surface area (Å²) in [7, 11) is 1.52.